The molecular weight excluding hydrogens is 392 g/mol. The number of carbonyl (C=O) groups excluding carboxylic acids is 1. The van der Waals surface area contributed by atoms with Gasteiger partial charge < -0.3 is 10.2 Å². The summed E-state index contributed by atoms with van der Waals surface area (Å²) < 4.78 is 0. The monoisotopic (exact) mass is 420 g/mol. The second kappa shape index (κ2) is 8.64. The molecule has 1 saturated heterocycles. The molecule has 2 aromatic carbocycles. The van der Waals surface area contributed by atoms with Crippen molar-refractivity contribution in [2.75, 3.05) is 19.3 Å². The van der Waals surface area contributed by atoms with E-state index in [2.05, 4.69) is 43.6 Å². The van der Waals surface area contributed by atoms with Crippen molar-refractivity contribution in [2.24, 2.45) is 9.98 Å². The smallest absolute Gasteiger partial charge is 0.317 e. The largest absolute Gasteiger partial charge is 0.334 e. The number of carbonyl (C=O) groups is 1. The minimum atomic E-state index is -0.428. The van der Waals surface area contributed by atoms with Gasteiger partial charge in [0.25, 0.3) is 0 Å². The van der Waals surface area contributed by atoms with E-state index in [4.69, 9.17) is 9.98 Å². The summed E-state index contributed by atoms with van der Waals surface area (Å²) in [5, 5.41) is 4.03. The molecule has 30 heavy (non-hydrogen) atoms. The number of benzene rings is 2. The lowest BCUT2D eigenvalue weighted by Crippen LogP contribution is -2.48. The molecular formula is C24H28N4OS. The van der Waals surface area contributed by atoms with Gasteiger partial charge in [-0.15, -0.1) is 11.8 Å². The number of aliphatic imine (C=N–C) groups is 2. The average molecular weight is 421 g/mol. The molecule has 4 rings (SSSR count). The third kappa shape index (κ3) is 4.29. The van der Waals surface area contributed by atoms with E-state index in [9.17, 15) is 4.79 Å². The highest BCUT2D eigenvalue weighted by Gasteiger charge is 2.40. The Labute approximate surface area is 182 Å². The van der Waals surface area contributed by atoms with E-state index in [0.29, 0.717) is 19.6 Å². The maximum Gasteiger partial charge on any atom is 0.317 e. The summed E-state index contributed by atoms with van der Waals surface area (Å²) in [4.78, 5) is 24.6. The molecule has 5 nitrogen and oxygen atoms in total. The summed E-state index contributed by atoms with van der Waals surface area (Å²) >= 11 is 1.65. The molecule has 1 spiro atoms. The van der Waals surface area contributed by atoms with Crippen molar-refractivity contribution in [1.29, 1.82) is 0 Å². The Kier molecular flexibility index (Phi) is 5.95. The Morgan fingerprint density at radius 1 is 1.07 bits per heavy atom. The SMILES string of the molecule is CSC1=NC2(CCN(C(=O)NCc3ccccc3)CC2)N=C1c1ccc(C)c(C)c1. The average Bonchev–Trinajstić information content (AvgIpc) is 3.13. The van der Waals surface area contributed by atoms with Crippen molar-refractivity contribution in [1.82, 2.24) is 10.2 Å². The molecule has 2 aromatic rings. The molecule has 2 aliphatic rings. The molecule has 0 radical (unpaired) electrons. The fraction of sp³-hybridized carbons (Fsp3) is 0.375. The van der Waals surface area contributed by atoms with Gasteiger partial charge in [0, 0.05) is 38.0 Å². The van der Waals surface area contributed by atoms with Crippen LogP contribution in [0.1, 0.15) is 35.1 Å². The molecule has 1 fully saturated rings. The first kappa shape index (κ1) is 20.7. The zero-order valence-corrected chi connectivity index (χ0v) is 18.6. The third-order valence-corrected chi connectivity index (χ3v) is 6.62. The standard InChI is InChI=1S/C24H28N4OS/c1-17-9-10-20(15-18(17)2)21-22(30-3)27-24(26-21)11-13-28(14-12-24)23(29)25-16-19-7-5-4-6-8-19/h4-10,15H,11-14,16H2,1-3H3,(H,25,29). The molecule has 2 aliphatic heterocycles. The van der Waals surface area contributed by atoms with Gasteiger partial charge in [-0.2, -0.15) is 0 Å². The number of hydrogen-bond donors (Lipinski definition) is 1. The number of rotatable bonds is 3. The first-order valence-corrected chi connectivity index (χ1v) is 11.6. The Morgan fingerprint density at radius 2 is 1.80 bits per heavy atom. The van der Waals surface area contributed by atoms with E-state index >= 15 is 0 Å². The van der Waals surface area contributed by atoms with Gasteiger partial charge in [-0.05, 0) is 42.9 Å². The Bertz CT molecular complexity index is 992. The van der Waals surface area contributed by atoms with E-state index in [1.165, 1.54) is 11.1 Å². The van der Waals surface area contributed by atoms with Crippen LogP contribution in [0.25, 0.3) is 0 Å². The van der Waals surface area contributed by atoms with E-state index in [0.717, 1.165) is 34.7 Å². The predicted octanol–water partition coefficient (Wildman–Crippen LogP) is 4.57. The number of amides is 2. The third-order valence-electron chi connectivity index (χ3n) is 5.94. The van der Waals surface area contributed by atoms with Crippen LogP contribution in [0.5, 0.6) is 0 Å². The second-order valence-electron chi connectivity index (χ2n) is 7.99. The molecule has 0 aliphatic carbocycles. The van der Waals surface area contributed by atoms with Crippen molar-refractivity contribution in [2.45, 2.75) is 38.9 Å². The highest BCUT2D eigenvalue weighted by Crippen LogP contribution is 2.35. The maximum absolute atomic E-state index is 12.6. The summed E-state index contributed by atoms with van der Waals surface area (Å²) in [6, 6.07) is 16.5. The van der Waals surface area contributed by atoms with Crippen molar-refractivity contribution in [3.8, 4) is 0 Å². The molecule has 2 amide bonds. The normalized spacial score (nSPS) is 17.6. The van der Waals surface area contributed by atoms with Crippen LogP contribution < -0.4 is 5.32 Å². The predicted molar refractivity (Wildman–Crippen MR) is 126 cm³/mol. The van der Waals surface area contributed by atoms with Gasteiger partial charge in [0.2, 0.25) is 0 Å². The molecule has 2 heterocycles. The fourth-order valence-corrected chi connectivity index (χ4v) is 4.54. The molecule has 0 atom stereocenters. The molecule has 0 unspecified atom stereocenters. The molecule has 1 N–H and O–H groups in total. The molecule has 156 valence electrons. The number of nitrogens with one attached hydrogen (secondary N) is 1. The summed E-state index contributed by atoms with van der Waals surface area (Å²) in [7, 11) is 0. The first-order valence-electron chi connectivity index (χ1n) is 10.4. The van der Waals surface area contributed by atoms with Crippen LogP contribution in [-0.2, 0) is 6.54 Å². The van der Waals surface area contributed by atoms with E-state index in [1.807, 2.05) is 35.2 Å². The molecule has 0 saturated carbocycles. The highest BCUT2D eigenvalue weighted by atomic mass is 32.2. The number of hydrogen-bond acceptors (Lipinski definition) is 4. The Morgan fingerprint density at radius 3 is 2.47 bits per heavy atom. The van der Waals surface area contributed by atoms with Crippen LogP contribution in [0.3, 0.4) is 0 Å². The van der Waals surface area contributed by atoms with Crippen molar-refractivity contribution >= 4 is 28.5 Å². The quantitative estimate of drug-likeness (QED) is 0.791. The van der Waals surface area contributed by atoms with Gasteiger partial charge in [-0.25, -0.2) is 9.79 Å². The number of likely N-dealkylation sites (tertiary alicyclic amines) is 1. The summed E-state index contributed by atoms with van der Waals surface area (Å²) in [5.74, 6) is 0. The van der Waals surface area contributed by atoms with Gasteiger partial charge in [0.1, 0.15) is 5.04 Å². The maximum atomic E-state index is 12.6. The van der Waals surface area contributed by atoms with E-state index in [1.54, 1.807) is 11.8 Å². The van der Waals surface area contributed by atoms with Crippen LogP contribution in [0.4, 0.5) is 4.79 Å². The van der Waals surface area contributed by atoms with Gasteiger partial charge in [0.15, 0.2) is 5.66 Å². The Hall–Kier alpha value is -2.60. The zero-order valence-electron chi connectivity index (χ0n) is 17.8. The zero-order chi connectivity index (χ0) is 21.1. The Balaban J connectivity index is 1.43. The number of aryl methyl sites for hydroxylation is 2. The van der Waals surface area contributed by atoms with Gasteiger partial charge in [-0.1, -0.05) is 42.5 Å². The number of nitrogens with zero attached hydrogens (tertiary/aromatic N) is 3. The lowest BCUT2D eigenvalue weighted by Gasteiger charge is -2.35. The van der Waals surface area contributed by atoms with E-state index < -0.39 is 5.66 Å². The van der Waals surface area contributed by atoms with E-state index in [-0.39, 0.29) is 6.03 Å². The van der Waals surface area contributed by atoms with Crippen LogP contribution in [0.2, 0.25) is 0 Å². The van der Waals surface area contributed by atoms with Gasteiger partial charge in [-0.3, -0.25) is 4.99 Å². The molecule has 6 heteroatoms. The lowest BCUT2D eigenvalue weighted by atomic mass is 9.98. The summed E-state index contributed by atoms with van der Waals surface area (Å²) in [5.41, 5.74) is 5.35. The van der Waals surface area contributed by atoms with Crippen LogP contribution in [0.15, 0.2) is 58.5 Å². The van der Waals surface area contributed by atoms with Crippen LogP contribution in [0, 0.1) is 13.8 Å². The number of piperidine rings is 1. The van der Waals surface area contributed by atoms with Crippen molar-refractivity contribution in [3.63, 3.8) is 0 Å². The molecule has 0 bridgehead atoms. The molecule has 0 aromatic heterocycles. The van der Waals surface area contributed by atoms with Crippen LogP contribution in [-0.4, -0.2) is 46.7 Å². The van der Waals surface area contributed by atoms with Gasteiger partial charge >= 0.3 is 6.03 Å². The summed E-state index contributed by atoms with van der Waals surface area (Å²) in [6.07, 6.45) is 3.56. The number of thioether (sulfide) groups is 1. The first-order chi connectivity index (χ1) is 14.5. The van der Waals surface area contributed by atoms with Crippen molar-refractivity contribution in [3.05, 3.63) is 70.8 Å². The van der Waals surface area contributed by atoms with Crippen LogP contribution >= 0.6 is 11.8 Å². The summed E-state index contributed by atoms with van der Waals surface area (Å²) in [6.45, 7) is 6.13. The minimum Gasteiger partial charge on any atom is -0.334 e. The highest BCUT2D eigenvalue weighted by molar-refractivity contribution is 8.15. The fourth-order valence-electron chi connectivity index (χ4n) is 3.92. The minimum absolute atomic E-state index is 0.0147. The van der Waals surface area contributed by atoms with Crippen molar-refractivity contribution < 1.29 is 4.79 Å². The topological polar surface area (TPSA) is 57.1 Å². The second-order valence-corrected chi connectivity index (χ2v) is 8.79. The lowest BCUT2D eigenvalue weighted by molar-refractivity contribution is 0.163. The van der Waals surface area contributed by atoms with Gasteiger partial charge in [0.05, 0.1) is 5.71 Å². The number of urea groups is 1.